The third-order valence-corrected chi connectivity index (χ3v) is 3.50. The number of rotatable bonds is 3. The van der Waals surface area contributed by atoms with E-state index in [1.54, 1.807) is 0 Å². The van der Waals surface area contributed by atoms with E-state index in [4.69, 9.17) is 5.11 Å². The minimum absolute atomic E-state index is 0.210. The lowest BCUT2D eigenvalue weighted by Gasteiger charge is -2.04. The molecule has 1 aromatic carbocycles. The maximum absolute atomic E-state index is 13.2. The standard InChI is InChI=1S/C14H12FN3O2S/c1-2-12-17-18-14(21-12)16-13(20)11-6-5-10(15)8-9(11)4-3-7-19/h5-6,8,19H,2,7H2,1H3,(H,16,18,20). The van der Waals surface area contributed by atoms with Gasteiger partial charge in [-0.15, -0.1) is 10.2 Å². The third-order valence-electron chi connectivity index (χ3n) is 2.52. The molecule has 5 nitrogen and oxygen atoms in total. The molecule has 0 aliphatic heterocycles. The molecule has 2 N–H and O–H groups in total. The van der Waals surface area contributed by atoms with Crippen molar-refractivity contribution < 1.29 is 14.3 Å². The largest absolute Gasteiger partial charge is 0.384 e. The molecule has 0 saturated heterocycles. The fourth-order valence-electron chi connectivity index (χ4n) is 1.56. The molecule has 0 unspecified atom stereocenters. The molecule has 1 amide bonds. The van der Waals surface area contributed by atoms with Crippen LogP contribution in [0.2, 0.25) is 0 Å². The van der Waals surface area contributed by atoms with Crippen LogP contribution in [-0.2, 0) is 6.42 Å². The highest BCUT2D eigenvalue weighted by molar-refractivity contribution is 7.15. The number of halogens is 1. The average molecular weight is 305 g/mol. The van der Waals surface area contributed by atoms with Gasteiger partial charge in [-0.1, -0.05) is 30.1 Å². The molecule has 0 radical (unpaired) electrons. The number of nitrogens with one attached hydrogen (secondary N) is 1. The van der Waals surface area contributed by atoms with Gasteiger partial charge in [0.05, 0.1) is 5.56 Å². The van der Waals surface area contributed by atoms with Crippen molar-refractivity contribution in [2.24, 2.45) is 0 Å². The quantitative estimate of drug-likeness (QED) is 0.849. The van der Waals surface area contributed by atoms with E-state index in [9.17, 15) is 9.18 Å². The van der Waals surface area contributed by atoms with Gasteiger partial charge in [-0.3, -0.25) is 10.1 Å². The van der Waals surface area contributed by atoms with Crippen molar-refractivity contribution in [2.45, 2.75) is 13.3 Å². The van der Waals surface area contributed by atoms with Crippen LogP contribution >= 0.6 is 11.3 Å². The molecule has 0 fully saturated rings. The number of carbonyl (C=O) groups excluding carboxylic acids is 1. The molecular weight excluding hydrogens is 293 g/mol. The first-order valence-electron chi connectivity index (χ1n) is 6.17. The fourth-order valence-corrected chi connectivity index (χ4v) is 2.24. The molecular formula is C14H12FN3O2S. The van der Waals surface area contributed by atoms with Crippen LogP contribution in [-0.4, -0.2) is 27.8 Å². The molecule has 0 saturated carbocycles. The number of aliphatic hydroxyl groups excluding tert-OH is 1. The molecule has 7 heteroatoms. The molecule has 0 atom stereocenters. The summed E-state index contributed by atoms with van der Waals surface area (Å²) in [7, 11) is 0. The van der Waals surface area contributed by atoms with E-state index < -0.39 is 11.7 Å². The van der Waals surface area contributed by atoms with Crippen molar-refractivity contribution in [3.05, 3.63) is 40.2 Å². The Bertz CT molecular complexity index is 718. The molecule has 0 spiro atoms. The average Bonchev–Trinajstić information content (AvgIpc) is 2.92. The van der Waals surface area contributed by atoms with Crippen LogP contribution in [0, 0.1) is 17.7 Å². The lowest BCUT2D eigenvalue weighted by molar-refractivity contribution is 0.102. The number of aryl methyl sites for hydroxylation is 1. The zero-order chi connectivity index (χ0) is 15.2. The number of aromatic nitrogens is 2. The van der Waals surface area contributed by atoms with E-state index in [0.717, 1.165) is 17.5 Å². The van der Waals surface area contributed by atoms with Crippen molar-refractivity contribution in [2.75, 3.05) is 11.9 Å². The smallest absolute Gasteiger partial charge is 0.258 e. The van der Waals surface area contributed by atoms with Crippen molar-refractivity contribution >= 4 is 22.4 Å². The lowest BCUT2D eigenvalue weighted by Crippen LogP contribution is -2.13. The van der Waals surface area contributed by atoms with Gasteiger partial charge in [0.15, 0.2) is 0 Å². The molecule has 21 heavy (non-hydrogen) atoms. The number of hydrogen-bond donors (Lipinski definition) is 2. The van der Waals surface area contributed by atoms with Gasteiger partial charge < -0.3 is 5.11 Å². The van der Waals surface area contributed by atoms with Gasteiger partial charge in [0, 0.05) is 5.56 Å². The van der Waals surface area contributed by atoms with Gasteiger partial charge in [0.1, 0.15) is 17.4 Å². The van der Waals surface area contributed by atoms with E-state index in [-0.39, 0.29) is 17.7 Å². The number of hydrogen-bond acceptors (Lipinski definition) is 5. The molecule has 108 valence electrons. The van der Waals surface area contributed by atoms with E-state index in [0.29, 0.717) is 5.13 Å². The van der Waals surface area contributed by atoms with E-state index in [1.165, 1.54) is 23.5 Å². The number of aliphatic hydroxyl groups is 1. The fraction of sp³-hybridized carbons (Fsp3) is 0.214. The number of amides is 1. The summed E-state index contributed by atoms with van der Waals surface area (Å²) < 4.78 is 13.2. The Morgan fingerprint density at radius 2 is 2.29 bits per heavy atom. The first-order valence-corrected chi connectivity index (χ1v) is 6.98. The van der Waals surface area contributed by atoms with Crippen LogP contribution in [0.3, 0.4) is 0 Å². The highest BCUT2D eigenvalue weighted by Gasteiger charge is 2.13. The second-order valence-electron chi connectivity index (χ2n) is 3.96. The zero-order valence-corrected chi connectivity index (χ0v) is 12.0. The molecule has 0 bridgehead atoms. The van der Waals surface area contributed by atoms with Crippen molar-refractivity contribution in [3.8, 4) is 11.8 Å². The zero-order valence-electron chi connectivity index (χ0n) is 11.2. The Kier molecular flexibility index (Phi) is 4.98. The monoisotopic (exact) mass is 305 g/mol. The summed E-state index contributed by atoms with van der Waals surface area (Å²) in [4.78, 5) is 12.2. The van der Waals surface area contributed by atoms with Crippen molar-refractivity contribution in [1.29, 1.82) is 0 Å². The van der Waals surface area contributed by atoms with Crippen LogP contribution < -0.4 is 5.32 Å². The molecule has 2 rings (SSSR count). The summed E-state index contributed by atoms with van der Waals surface area (Å²) >= 11 is 1.28. The topological polar surface area (TPSA) is 75.1 Å². The lowest BCUT2D eigenvalue weighted by atomic mass is 10.1. The summed E-state index contributed by atoms with van der Waals surface area (Å²) in [5, 5.41) is 20.2. The molecule has 1 aromatic heterocycles. The van der Waals surface area contributed by atoms with Crippen LogP contribution in [0.25, 0.3) is 0 Å². The Labute approximate surface area is 124 Å². The first-order chi connectivity index (χ1) is 10.1. The maximum atomic E-state index is 13.2. The minimum Gasteiger partial charge on any atom is -0.384 e. The molecule has 0 aliphatic rings. The molecule has 2 aromatic rings. The van der Waals surface area contributed by atoms with Crippen molar-refractivity contribution in [3.63, 3.8) is 0 Å². The third kappa shape index (κ3) is 3.84. The van der Waals surface area contributed by atoms with Crippen LogP contribution in [0.5, 0.6) is 0 Å². The van der Waals surface area contributed by atoms with Crippen molar-refractivity contribution in [1.82, 2.24) is 10.2 Å². The highest BCUT2D eigenvalue weighted by atomic mass is 32.1. The van der Waals surface area contributed by atoms with Gasteiger partial charge in [-0.05, 0) is 24.6 Å². The van der Waals surface area contributed by atoms with Gasteiger partial charge in [0.25, 0.3) is 5.91 Å². The molecule has 1 heterocycles. The number of nitrogens with zero attached hydrogens (tertiary/aromatic N) is 2. The minimum atomic E-state index is -0.502. The number of benzene rings is 1. The summed E-state index contributed by atoms with van der Waals surface area (Å²) in [6.45, 7) is 1.57. The van der Waals surface area contributed by atoms with Gasteiger partial charge in [-0.25, -0.2) is 4.39 Å². The van der Waals surface area contributed by atoms with E-state index >= 15 is 0 Å². The second-order valence-corrected chi connectivity index (χ2v) is 5.02. The molecule has 0 aliphatic carbocycles. The van der Waals surface area contributed by atoms with Gasteiger partial charge >= 0.3 is 0 Å². The van der Waals surface area contributed by atoms with E-state index in [1.807, 2.05) is 6.92 Å². The predicted molar refractivity (Wildman–Crippen MR) is 77.6 cm³/mol. The Hall–Kier alpha value is -2.30. The Balaban J connectivity index is 2.26. The summed E-state index contributed by atoms with van der Waals surface area (Å²) in [5.74, 6) is 4.00. The Morgan fingerprint density at radius 1 is 1.48 bits per heavy atom. The predicted octanol–water partition coefficient (Wildman–Crippen LogP) is 1.84. The summed E-state index contributed by atoms with van der Waals surface area (Å²) in [6, 6.07) is 3.67. The maximum Gasteiger partial charge on any atom is 0.258 e. The van der Waals surface area contributed by atoms with E-state index in [2.05, 4.69) is 27.4 Å². The Morgan fingerprint density at radius 3 is 2.95 bits per heavy atom. The second kappa shape index (κ2) is 6.92. The summed E-state index contributed by atoms with van der Waals surface area (Å²) in [5.41, 5.74) is 0.423. The highest BCUT2D eigenvalue weighted by Crippen LogP contribution is 2.18. The van der Waals surface area contributed by atoms with Crippen LogP contribution in [0.4, 0.5) is 9.52 Å². The summed E-state index contributed by atoms with van der Waals surface area (Å²) in [6.07, 6.45) is 0.733. The number of anilines is 1. The SMILES string of the molecule is CCc1nnc(NC(=O)c2ccc(F)cc2C#CCO)s1. The van der Waals surface area contributed by atoms with Gasteiger partial charge in [0.2, 0.25) is 5.13 Å². The van der Waals surface area contributed by atoms with Gasteiger partial charge in [-0.2, -0.15) is 0 Å². The number of carbonyl (C=O) groups is 1. The normalized spacial score (nSPS) is 9.86. The van der Waals surface area contributed by atoms with Crippen LogP contribution in [0.1, 0.15) is 27.9 Å². The van der Waals surface area contributed by atoms with Crippen LogP contribution in [0.15, 0.2) is 18.2 Å². The first kappa shape index (κ1) is 15.1.